The second-order valence-corrected chi connectivity index (χ2v) is 5.40. The van der Waals surface area contributed by atoms with Crippen LogP contribution in [-0.4, -0.2) is 12.4 Å². The van der Waals surface area contributed by atoms with E-state index in [1.165, 1.54) is 36.4 Å². The van der Waals surface area contributed by atoms with Gasteiger partial charge in [-0.1, -0.05) is 73.8 Å². The standard InChI is InChI=1S/C19H14F6/c1-3-13-5-9-15(10-6-13)17(18(20,21)22,19(23,24)25)16-11-7-14(4-2)8-12-16/h3-12H,1-2H2. The highest BCUT2D eigenvalue weighted by molar-refractivity contribution is 5.53. The van der Waals surface area contributed by atoms with Gasteiger partial charge < -0.3 is 0 Å². The third kappa shape index (κ3) is 3.08. The number of halogens is 6. The van der Waals surface area contributed by atoms with Crippen LogP contribution in [0.2, 0.25) is 0 Å². The number of rotatable bonds is 4. The van der Waals surface area contributed by atoms with Gasteiger partial charge in [-0.25, -0.2) is 0 Å². The van der Waals surface area contributed by atoms with Crippen molar-refractivity contribution in [1.82, 2.24) is 0 Å². The fraction of sp³-hybridized carbons (Fsp3) is 0.158. The van der Waals surface area contributed by atoms with E-state index in [1.807, 2.05) is 0 Å². The quantitative estimate of drug-likeness (QED) is 0.557. The highest BCUT2D eigenvalue weighted by Gasteiger charge is 2.72. The molecule has 0 nitrogen and oxygen atoms in total. The van der Waals surface area contributed by atoms with Gasteiger partial charge in [-0.2, -0.15) is 26.3 Å². The second kappa shape index (κ2) is 6.43. The molecule has 0 aliphatic carbocycles. The van der Waals surface area contributed by atoms with Crippen molar-refractivity contribution in [2.45, 2.75) is 17.8 Å². The molecule has 2 aromatic carbocycles. The third-order valence-corrected chi connectivity index (χ3v) is 4.01. The molecule has 0 bridgehead atoms. The molecule has 0 saturated carbocycles. The van der Waals surface area contributed by atoms with Gasteiger partial charge >= 0.3 is 12.4 Å². The lowest BCUT2D eigenvalue weighted by Gasteiger charge is -2.38. The summed E-state index contributed by atoms with van der Waals surface area (Å²) in [7, 11) is 0. The number of hydrogen-bond acceptors (Lipinski definition) is 0. The molecule has 0 N–H and O–H groups in total. The summed E-state index contributed by atoms with van der Waals surface area (Å²) in [5.74, 6) is 0. The van der Waals surface area contributed by atoms with Gasteiger partial charge in [0, 0.05) is 0 Å². The molecule has 0 saturated heterocycles. The van der Waals surface area contributed by atoms with Crippen LogP contribution in [0.4, 0.5) is 26.3 Å². The lowest BCUT2D eigenvalue weighted by molar-refractivity contribution is -0.288. The van der Waals surface area contributed by atoms with E-state index in [4.69, 9.17) is 0 Å². The molecule has 0 aliphatic rings. The van der Waals surface area contributed by atoms with Crippen molar-refractivity contribution >= 4 is 12.2 Å². The van der Waals surface area contributed by atoms with E-state index in [1.54, 1.807) is 0 Å². The Balaban J connectivity index is 2.84. The van der Waals surface area contributed by atoms with Gasteiger partial charge in [0.2, 0.25) is 5.41 Å². The molecule has 2 aromatic rings. The van der Waals surface area contributed by atoms with Crippen LogP contribution in [0.5, 0.6) is 0 Å². The number of hydrogen-bond donors (Lipinski definition) is 0. The first kappa shape index (κ1) is 18.8. The van der Waals surface area contributed by atoms with Crippen molar-refractivity contribution in [3.63, 3.8) is 0 Å². The van der Waals surface area contributed by atoms with Crippen molar-refractivity contribution in [2.24, 2.45) is 0 Å². The molecule has 0 unspecified atom stereocenters. The minimum Gasteiger partial charge on any atom is -0.169 e. The Morgan fingerprint density at radius 1 is 0.560 bits per heavy atom. The van der Waals surface area contributed by atoms with Crippen LogP contribution < -0.4 is 0 Å². The van der Waals surface area contributed by atoms with E-state index in [2.05, 4.69) is 13.2 Å². The van der Waals surface area contributed by atoms with E-state index < -0.39 is 28.9 Å². The SMILES string of the molecule is C=Cc1ccc(C(c2ccc(C=C)cc2)(C(F)(F)F)C(F)(F)F)cc1. The topological polar surface area (TPSA) is 0 Å². The summed E-state index contributed by atoms with van der Waals surface area (Å²) in [5, 5.41) is 0. The fourth-order valence-corrected chi connectivity index (χ4v) is 2.72. The average molecular weight is 356 g/mol. The van der Waals surface area contributed by atoms with Gasteiger partial charge in [-0.15, -0.1) is 0 Å². The predicted molar refractivity (Wildman–Crippen MR) is 86.0 cm³/mol. The summed E-state index contributed by atoms with van der Waals surface area (Å²) >= 11 is 0. The van der Waals surface area contributed by atoms with E-state index in [0.717, 1.165) is 24.3 Å². The molecule has 0 aromatic heterocycles. The normalized spacial score (nSPS) is 12.7. The Hall–Kier alpha value is -2.50. The van der Waals surface area contributed by atoms with Crippen molar-refractivity contribution in [3.05, 3.63) is 83.9 Å². The van der Waals surface area contributed by atoms with E-state index >= 15 is 0 Å². The Kier molecular flexibility index (Phi) is 4.84. The van der Waals surface area contributed by atoms with Crippen molar-refractivity contribution in [1.29, 1.82) is 0 Å². The molecule has 2 rings (SSSR count). The first-order chi connectivity index (χ1) is 11.6. The van der Waals surface area contributed by atoms with Gasteiger partial charge in [0.1, 0.15) is 0 Å². The van der Waals surface area contributed by atoms with Crippen LogP contribution >= 0.6 is 0 Å². The smallest absolute Gasteiger partial charge is 0.169 e. The zero-order chi connectivity index (χ0) is 18.9. The summed E-state index contributed by atoms with van der Waals surface area (Å²) in [5.41, 5.74) is -5.08. The van der Waals surface area contributed by atoms with Gasteiger partial charge in [-0.05, 0) is 22.3 Å². The first-order valence-electron chi connectivity index (χ1n) is 7.17. The fourth-order valence-electron chi connectivity index (χ4n) is 2.72. The minimum atomic E-state index is -5.59. The lowest BCUT2D eigenvalue weighted by atomic mass is 9.72. The summed E-state index contributed by atoms with van der Waals surface area (Å²) in [6.45, 7) is 6.89. The summed E-state index contributed by atoms with van der Waals surface area (Å²) in [6.07, 6.45) is -8.50. The van der Waals surface area contributed by atoms with E-state index in [0.29, 0.717) is 11.1 Å². The maximum absolute atomic E-state index is 13.8. The summed E-state index contributed by atoms with van der Waals surface area (Å²) in [6, 6.07) is 8.02. The zero-order valence-corrected chi connectivity index (χ0v) is 13.0. The van der Waals surface area contributed by atoms with E-state index in [-0.39, 0.29) is 0 Å². The molecule has 132 valence electrons. The molecule has 25 heavy (non-hydrogen) atoms. The Labute approximate surface area is 141 Å². The van der Waals surface area contributed by atoms with E-state index in [9.17, 15) is 26.3 Å². The Morgan fingerprint density at radius 3 is 1.04 bits per heavy atom. The van der Waals surface area contributed by atoms with Crippen molar-refractivity contribution in [3.8, 4) is 0 Å². The number of alkyl halides is 6. The molecule has 0 heterocycles. The molecule has 0 fully saturated rings. The third-order valence-electron chi connectivity index (χ3n) is 4.01. The van der Waals surface area contributed by atoms with Gasteiger partial charge in [0.25, 0.3) is 0 Å². The maximum Gasteiger partial charge on any atom is 0.411 e. The molecule has 0 radical (unpaired) electrons. The highest BCUT2D eigenvalue weighted by atomic mass is 19.4. The van der Waals surface area contributed by atoms with Gasteiger partial charge in [-0.3, -0.25) is 0 Å². The van der Waals surface area contributed by atoms with Crippen LogP contribution in [0.1, 0.15) is 22.3 Å². The van der Waals surface area contributed by atoms with Crippen LogP contribution in [0.3, 0.4) is 0 Å². The molecular weight excluding hydrogens is 342 g/mol. The summed E-state index contributed by atoms with van der Waals surface area (Å²) < 4.78 is 83.1. The van der Waals surface area contributed by atoms with Crippen LogP contribution in [0.25, 0.3) is 12.2 Å². The van der Waals surface area contributed by atoms with Crippen LogP contribution in [-0.2, 0) is 5.41 Å². The monoisotopic (exact) mass is 356 g/mol. The Bertz CT molecular complexity index is 681. The van der Waals surface area contributed by atoms with Crippen LogP contribution in [0, 0.1) is 0 Å². The minimum absolute atomic E-state index is 0.420. The van der Waals surface area contributed by atoms with Crippen molar-refractivity contribution < 1.29 is 26.3 Å². The van der Waals surface area contributed by atoms with Crippen LogP contribution in [0.15, 0.2) is 61.7 Å². The lowest BCUT2D eigenvalue weighted by Crippen LogP contribution is -2.54. The van der Waals surface area contributed by atoms with Gasteiger partial charge in [0.15, 0.2) is 0 Å². The maximum atomic E-state index is 13.8. The molecule has 0 spiro atoms. The van der Waals surface area contributed by atoms with Crippen molar-refractivity contribution in [2.75, 3.05) is 0 Å². The highest BCUT2D eigenvalue weighted by Crippen LogP contribution is 2.56. The first-order valence-corrected chi connectivity index (χ1v) is 7.17. The second-order valence-electron chi connectivity index (χ2n) is 5.40. The number of benzene rings is 2. The van der Waals surface area contributed by atoms with Gasteiger partial charge in [0.05, 0.1) is 0 Å². The summed E-state index contributed by atoms with van der Waals surface area (Å²) in [4.78, 5) is 0. The Morgan fingerprint density at radius 2 is 0.840 bits per heavy atom. The zero-order valence-electron chi connectivity index (χ0n) is 13.0. The molecule has 0 amide bonds. The predicted octanol–water partition coefficient (Wildman–Crippen LogP) is 6.38. The largest absolute Gasteiger partial charge is 0.411 e. The average Bonchev–Trinajstić information content (AvgIpc) is 2.54. The molecule has 0 aliphatic heterocycles. The molecule has 0 atom stereocenters. The molecular formula is C19H14F6. The molecule has 6 heteroatoms.